The van der Waals surface area contributed by atoms with Gasteiger partial charge in [0.15, 0.2) is 0 Å². The molecule has 1 amide bonds. The molecule has 0 unspecified atom stereocenters. The van der Waals surface area contributed by atoms with E-state index >= 15 is 0 Å². The molecule has 3 nitrogen and oxygen atoms in total. The van der Waals surface area contributed by atoms with Gasteiger partial charge in [-0.15, -0.1) is 24.2 Å². The molecule has 21 heavy (non-hydrogen) atoms. The van der Waals surface area contributed by atoms with Crippen molar-refractivity contribution in [3.63, 3.8) is 0 Å². The zero-order chi connectivity index (χ0) is 14.4. The number of nitrogens with zero attached hydrogens (tertiary/aromatic N) is 1. The minimum absolute atomic E-state index is 0. The van der Waals surface area contributed by atoms with E-state index in [2.05, 4.69) is 5.32 Å². The average Bonchev–Trinajstić information content (AvgIpc) is 2.49. The highest BCUT2D eigenvalue weighted by atomic mass is 35.5. The number of nitrogens with one attached hydrogen (secondary N) is 1. The van der Waals surface area contributed by atoms with Gasteiger partial charge in [-0.25, -0.2) is 4.39 Å². The SMILES string of the molecule is CN(C(=O)CCSc1ccccc1F)C1CCNCC1.Cl. The highest BCUT2D eigenvalue weighted by molar-refractivity contribution is 7.99. The van der Waals surface area contributed by atoms with Crippen LogP contribution in [0.4, 0.5) is 4.39 Å². The molecule has 1 aromatic carbocycles. The molecular weight excluding hydrogens is 311 g/mol. The number of hydrogen-bond donors (Lipinski definition) is 1. The lowest BCUT2D eigenvalue weighted by molar-refractivity contribution is -0.131. The van der Waals surface area contributed by atoms with E-state index in [4.69, 9.17) is 0 Å². The molecule has 1 aliphatic heterocycles. The van der Waals surface area contributed by atoms with Gasteiger partial charge >= 0.3 is 0 Å². The number of carbonyl (C=O) groups excluding carboxylic acids is 1. The van der Waals surface area contributed by atoms with Crippen LogP contribution in [0.3, 0.4) is 0 Å². The molecule has 1 N–H and O–H groups in total. The zero-order valence-electron chi connectivity index (χ0n) is 12.2. The first-order valence-corrected chi connectivity index (χ1v) is 8.01. The lowest BCUT2D eigenvalue weighted by Crippen LogP contribution is -2.44. The van der Waals surface area contributed by atoms with Crippen LogP contribution in [0.15, 0.2) is 29.2 Å². The van der Waals surface area contributed by atoms with E-state index in [1.807, 2.05) is 18.0 Å². The fourth-order valence-electron chi connectivity index (χ4n) is 2.38. The Bertz CT molecular complexity index is 455. The summed E-state index contributed by atoms with van der Waals surface area (Å²) in [5.74, 6) is 0.562. The number of thioether (sulfide) groups is 1. The molecular formula is C15H22ClFN2OS. The Morgan fingerprint density at radius 3 is 2.71 bits per heavy atom. The summed E-state index contributed by atoms with van der Waals surface area (Å²) in [6, 6.07) is 7.04. The molecule has 1 aliphatic rings. The molecule has 0 bridgehead atoms. The topological polar surface area (TPSA) is 32.3 Å². The van der Waals surface area contributed by atoms with Gasteiger partial charge in [-0.1, -0.05) is 12.1 Å². The predicted molar refractivity (Wildman–Crippen MR) is 87.7 cm³/mol. The maximum Gasteiger partial charge on any atom is 0.223 e. The van der Waals surface area contributed by atoms with Gasteiger partial charge in [-0.3, -0.25) is 4.79 Å². The van der Waals surface area contributed by atoms with Crippen LogP contribution in [0.25, 0.3) is 0 Å². The van der Waals surface area contributed by atoms with Gasteiger partial charge in [0.1, 0.15) is 5.82 Å². The van der Waals surface area contributed by atoms with Gasteiger partial charge in [-0.2, -0.15) is 0 Å². The normalized spacial score (nSPS) is 15.3. The van der Waals surface area contributed by atoms with Gasteiger partial charge in [0.25, 0.3) is 0 Å². The molecule has 0 radical (unpaired) electrons. The first-order valence-electron chi connectivity index (χ1n) is 7.02. The number of amides is 1. The van der Waals surface area contributed by atoms with Crippen molar-refractivity contribution >= 4 is 30.1 Å². The van der Waals surface area contributed by atoms with Crippen LogP contribution < -0.4 is 5.32 Å². The lowest BCUT2D eigenvalue weighted by atomic mass is 10.1. The maximum absolute atomic E-state index is 13.4. The highest BCUT2D eigenvalue weighted by Gasteiger charge is 2.21. The second kappa shape index (κ2) is 9.28. The molecule has 0 aromatic heterocycles. The molecule has 1 saturated heterocycles. The van der Waals surface area contributed by atoms with Gasteiger partial charge in [0, 0.05) is 30.2 Å². The van der Waals surface area contributed by atoms with Gasteiger partial charge in [-0.05, 0) is 38.1 Å². The van der Waals surface area contributed by atoms with Crippen molar-refractivity contribution < 1.29 is 9.18 Å². The Kier molecular flexibility index (Phi) is 8.07. The molecule has 0 atom stereocenters. The van der Waals surface area contributed by atoms with Crippen molar-refractivity contribution in [2.45, 2.75) is 30.2 Å². The fraction of sp³-hybridized carbons (Fsp3) is 0.533. The fourth-order valence-corrected chi connectivity index (χ4v) is 3.26. The molecule has 0 aliphatic carbocycles. The number of piperidine rings is 1. The predicted octanol–water partition coefficient (Wildman–Crippen LogP) is 2.94. The van der Waals surface area contributed by atoms with E-state index in [-0.39, 0.29) is 24.1 Å². The molecule has 1 aromatic rings. The minimum atomic E-state index is -0.211. The molecule has 2 rings (SSSR count). The standard InChI is InChI=1S/C15H21FN2OS.ClH/c1-18(12-6-9-17-10-7-12)15(19)8-11-20-14-5-3-2-4-13(14)16;/h2-5,12,17H,6-11H2,1H3;1H. The van der Waals surface area contributed by atoms with Crippen LogP contribution in [0, 0.1) is 5.82 Å². The summed E-state index contributed by atoms with van der Waals surface area (Å²) in [4.78, 5) is 14.6. The van der Waals surface area contributed by atoms with Crippen LogP contribution in [-0.2, 0) is 4.79 Å². The van der Waals surface area contributed by atoms with Crippen LogP contribution in [-0.4, -0.2) is 42.7 Å². The van der Waals surface area contributed by atoms with E-state index in [0.29, 0.717) is 23.1 Å². The van der Waals surface area contributed by atoms with Crippen molar-refractivity contribution in [3.8, 4) is 0 Å². The van der Waals surface area contributed by atoms with E-state index < -0.39 is 0 Å². The van der Waals surface area contributed by atoms with E-state index in [1.54, 1.807) is 12.1 Å². The second-order valence-corrected chi connectivity index (χ2v) is 6.15. The first-order chi connectivity index (χ1) is 9.68. The summed E-state index contributed by atoms with van der Waals surface area (Å²) >= 11 is 1.40. The van der Waals surface area contributed by atoms with Crippen LogP contribution >= 0.6 is 24.2 Å². The Labute approximate surface area is 136 Å². The number of halogens is 2. The third-order valence-corrected chi connectivity index (χ3v) is 4.71. The molecule has 0 saturated carbocycles. The Balaban J connectivity index is 0.00000220. The van der Waals surface area contributed by atoms with Crippen LogP contribution in [0.5, 0.6) is 0 Å². The number of benzene rings is 1. The number of carbonyl (C=O) groups is 1. The maximum atomic E-state index is 13.4. The van der Waals surface area contributed by atoms with Crippen LogP contribution in [0.1, 0.15) is 19.3 Å². The molecule has 6 heteroatoms. The van der Waals surface area contributed by atoms with Crippen molar-refractivity contribution in [3.05, 3.63) is 30.1 Å². The third kappa shape index (κ3) is 5.49. The number of rotatable bonds is 5. The van der Waals surface area contributed by atoms with E-state index in [0.717, 1.165) is 25.9 Å². The van der Waals surface area contributed by atoms with Crippen molar-refractivity contribution in [2.24, 2.45) is 0 Å². The van der Waals surface area contributed by atoms with E-state index in [9.17, 15) is 9.18 Å². The second-order valence-electron chi connectivity index (χ2n) is 5.01. The van der Waals surface area contributed by atoms with Crippen LogP contribution in [0.2, 0.25) is 0 Å². The van der Waals surface area contributed by atoms with E-state index in [1.165, 1.54) is 17.8 Å². The third-order valence-electron chi connectivity index (χ3n) is 3.66. The lowest BCUT2D eigenvalue weighted by Gasteiger charge is -2.31. The molecule has 1 heterocycles. The zero-order valence-corrected chi connectivity index (χ0v) is 13.8. The quantitative estimate of drug-likeness (QED) is 0.841. The van der Waals surface area contributed by atoms with Crippen molar-refractivity contribution in [1.29, 1.82) is 0 Å². The molecule has 118 valence electrons. The Hall–Kier alpha value is -0.780. The average molecular weight is 333 g/mol. The largest absolute Gasteiger partial charge is 0.343 e. The van der Waals surface area contributed by atoms with Crippen molar-refractivity contribution in [1.82, 2.24) is 10.2 Å². The monoisotopic (exact) mass is 332 g/mol. The Morgan fingerprint density at radius 1 is 1.38 bits per heavy atom. The van der Waals surface area contributed by atoms with Gasteiger partial charge < -0.3 is 10.2 Å². The summed E-state index contributed by atoms with van der Waals surface area (Å²) in [6.45, 7) is 1.96. The van der Waals surface area contributed by atoms with Gasteiger partial charge in [0.05, 0.1) is 0 Å². The first kappa shape index (κ1) is 18.3. The summed E-state index contributed by atoms with van der Waals surface area (Å²) in [5.41, 5.74) is 0. The Morgan fingerprint density at radius 2 is 2.05 bits per heavy atom. The minimum Gasteiger partial charge on any atom is -0.343 e. The van der Waals surface area contributed by atoms with Crippen molar-refractivity contribution in [2.75, 3.05) is 25.9 Å². The smallest absolute Gasteiger partial charge is 0.223 e. The summed E-state index contributed by atoms with van der Waals surface area (Å²) in [6.07, 6.45) is 2.49. The summed E-state index contributed by atoms with van der Waals surface area (Å²) < 4.78 is 13.4. The molecule has 1 fully saturated rings. The summed E-state index contributed by atoms with van der Waals surface area (Å²) in [5, 5.41) is 3.30. The summed E-state index contributed by atoms with van der Waals surface area (Å²) in [7, 11) is 1.88. The van der Waals surface area contributed by atoms with Gasteiger partial charge in [0.2, 0.25) is 5.91 Å². The number of hydrogen-bond acceptors (Lipinski definition) is 3. The highest BCUT2D eigenvalue weighted by Crippen LogP contribution is 2.22. The molecule has 0 spiro atoms.